The van der Waals surface area contributed by atoms with Gasteiger partial charge in [-0.3, -0.25) is 9.89 Å². The van der Waals surface area contributed by atoms with Gasteiger partial charge in [-0.15, -0.1) is 0 Å². The number of nitrogens with one attached hydrogen (secondary N) is 1. The molecule has 1 fully saturated rings. The summed E-state index contributed by atoms with van der Waals surface area (Å²) in [5.41, 5.74) is 1.97. The molecular formula is C20H20N4O2. The van der Waals surface area contributed by atoms with Crippen molar-refractivity contribution in [3.05, 3.63) is 71.8 Å². The molecule has 1 aliphatic rings. The summed E-state index contributed by atoms with van der Waals surface area (Å²) in [4.78, 5) is 18.6. The summed E-state index contributed by atoms with van der Waals surface area (Å²) in [6.45, 7) is 0.526. The number of carbonyl (C=O) groups is 1. The van der Waals surface area contributed by atoms with Crippen LogP contribution in [0.25, 0.3) is 0 Å². The Labute approximate surface area is 151 Å². The van der Waals surface area contributed by atoms with Crippen molar-refractivity contribution in [1.29, 1.82) is 0 Å². The van der Waals surface area contributed by atoms with E-state index in [1.165, 1.54) is 5.56 Å². The second-order valence-electron chi connectivity index (χ2n) is 6.55. The first-order chi connectivity index (χ1) is 12.7. The molecule has 1 amide bonds. The van der Waals surface area contributed by atoms with Crippen LogP contribution >= 0.6 is 0 Å². The fraction of sp³-hybridized carbons (Fsp3) is 0.250. The van der Waals surface area contributed by atoms with E-state index < -0.39 is 0 Å². The van der Waals surface area contributed by atoms with E-state index in [2.05, 4.69) is 27.3 Å². The van der Waals surface area contributed by atoms with Crippen molar-refractivity contribution < 1.29 is 9.90 Å². The number of hydrogen-bond donors (Lipinski definition) is 2. The Morgan fingerprint density at radius 2 is 1.96 bits per heavy atom. The van der Waals surface area contributed by atoms with Crippen LogP contribution in [0, 0.1) is 0 Å². The number of hydrogen-bond acceptors (Lipinski definition) is 4. The fourth-order valence-electron chi connectivity index (χ4n) is 3.30. The lowest BCUT2D eigenvalue weighted by atomic mass is 10.1. The van der Waals surface area contributed by atoms with Crippen LogP contribution in [0.1, 0.15) is 29.6 Å². The summed E-state index contributed by atoms with van der Waals surface area (Å²) >= 11 is 0. The number of phenolic OH excluding ortho intramolecular Hbond substituents is 1. The maximum atomic E-state index is 12.4. The van der Waals surface area contributed by atoms with Crippen LogP contribution < -0.4 is 4.90 Å². The number of benzene rings is 2. The molecule has 4 rings (SSSR count). The van der Waals surface area contributed by atoms with E-state index in [4.69, 9.17) is 0 Å². The molecule has 2 aromatic carbocycles. The Balaban J connectivity index is 1.42. The summed E-state index contributed by atoms with van der Waals surface area (Å²) in [6, 6.07) is 17.0. The number of amides is 1. The lowest BCUT2D eigenvalue weighted by molar-refractivity contribution is -0.117. The Hall–Kier alpha value is -3.15. The minimum Gasteiger partial charge on any atom is -0.508 e. The van der Waals surface area contributed by atoms with Crippen molar-refractivity contribution >= 4 is 11.6 Å². The predicted molar refractivity (Wildman–Crippen MR) is 98.1 cm³/mol. The molecule has 0 saturated carbocycles. The number of aromatic hydroxyl groups is 1. The first kappa shape index (κ1) is 16.3. The molecule has 1 atom stereocenters. The summed E-state index contributed by atoms with van der Waals surface area (Å²) in [6.07, 6.45) is 2.06. The average Bonchev–Trinajstić information content (AvgIpc) is 3.27. The number of H-pyrrole nitrogens is 1. The highest BCUT2D eigenvalue weighted by atomic mass is 16.3. The number of phenols is 1. The highest BCUT2D eigenvalue weighted by molar-refractivity contribution is 5.96. The molecule has 6 nitrogen and oxygen atoms in total. The summed E-state index contributed by atoms with van der Waals surface area (Å²) in [5, 5.41) is 17.0. The van der Waals surface area contributed by atoms with Gasteiger partial charge in [-0.05, 0) is 24.1 Å². The number of aromatic nitrogens is 3. The van der Waals surface area contributed by atoms with E-state index in [0.29, 0.717) is 24.5 Å². The molecule has 1 aliphatic heterocycles. The van der Waals surface area contributed by atoms with Crippen LogP contribution in [0.5, 0.6) is 5.75 Å². The molecule has 132 valence electrons. The first-order valence-electron chi connectivity index (χ1n) is 8.73. The first-order valence-corrected chi connectivity index (χ1v) is 8.73. The van der Waals surface area contributed by atoms with Crippen LogP contribution in [0.2, 0.25) is 0 Å². The van der Waals surface area contributed by atoms with Gasteiger partial charge in [0.25, 0.3) is 0 Å². The Morgan fingerprint density at radius 1 is 1.12 bits per heavy atom. The van der Waals surface area contributed by atoms with Gasteiger partial charge in [0.05, 0.1) is 0 Å². The zero-order valence-electron chi connectivity index (χ0n) is 14.3. The SMILES string of the molecule is O=C1CC(c2n[nH]c(CCc3ccccc3)n2)CN1c1cccc(O)c1. The molecule has 1 saturated heterocycles. The minimum absolute atomic E-state index is 0.0243. The molecule has 26 heavy (non-hydrogen) atoms. The van der Waals surface area contributed by atoms with Gasteiger partial charge in [-0.2, -0.15) is 5.10 Å². The topological polar surface area (TPSA) is 82.1 Å². The second kappa shape index (κ2) is 7.00. The molecule has 6 heteroatoms. The Bertz CT molecular complexity index is 907. The highest BCUT2D eigenvalue weighted by Gasteiger charge is 2.34. The van der Waals surface area contributed by atoms with Crippen molar-refractivity contribution in [3.8, 4) is 5.75 Å². The third kappa shape index (κ3) is 3.44. The van der Waals surface area contributed by atoms with Gasteiger partial charge in [0.1, 0.15) is 11.6 Å². The number of aryl methyl sites for hydroxylation is 2. The van der Waals surface area contributed by atoms with Gasteiger partial charge in [-0.1, -0.05) is 36.4 Å². The standard InChI is InChI=1S/C20H20N4O2/c25-17-8-4-7-16(12-17)24-13-15(11-19(24)26)20-21-18(22-23-20)10-9-14-5-2-1-3-6-14/h1-8,12,15,25H,9-11,13H2,(H,21,22,23). The number of anilines is 1. The van der Waals surface area contributed by atoms with E-state index in [0.717, 1.165) is 18.7 Å². The maximum Gasteiger partial charge on any atom is 0.227 e. The number of carbonyl (C=O) groups excluding carboxylic acids is 1. The maximum absolute atomic E-state index is 12.4. The third-order valence-corrected chi connectivity index (χ3v) is 4.67. The number of rotatable bonds is 5. The third-order valence-electron chi connectivity index (χ3n) is 4.67. The average molecular weight is 348 g/mol. The van der Waals surface area contributed by atoms with E-state index >= 15 is 0 Å². The molecule has 2 heterocycles. The Morgan fingerprint density at radius 3 is 2.77 bits per heavy atom. The van der Waals surface area contributed by atoms with Gasteiger partial charge in [0, 0.05) is 37.1 Å². The number of nitrogens with zero attached hydrogens (tertiary/aromatic N) is 3. The van der Waals surface area contributed by atoms with E-state index in [1.54, 1.807) is 23.1 Å². The van der Waals surface area contributed by atoms with Gasteiger partial charge in [0.15, 0.2) is 5.82 Å². The smallest absolute Gasteiger partial charge is 0.227 e. The quantitative estimate of drug-likeness (QED) is 0.743. The van der Waals surface area contributed by atoms with Gasteiger partial charge in [0.2, 0.25) is 5.91 Å². The summed E-state index contributed by atoms with van der Waals surface area (Å²) < 4.78 is 0. The summed E-state index contributed by atoms with van der Waals surface area (Å²) in [5.74, 6) is 1.67. The molecule has 1 unspecified atom stereocenters. The van der Waals surface area contributed by atoms with Gasteiger partial charge >= 0.3 is 0 Å². The van der Waals surface area contributed by atoms with Crippen LogP contribution in [-0.4, -0.2) is 32.7 Å². The van der Waals surface area contributed by atoms with Crippen LogP contribution in [0.3, 0.4) is 0 Å². The zero-order valence-corrected chi connectivity index (χ0v) is 14.3. The Kier molecular flexibility index (Phi) is 4.39. The molecule has 1 aromatic heterocycles. The van der Waals surface area contributed by atoms with Crippen molar-refractivity contribution in [1.82, 2.24) is 15.2 Å². The van der Waals surface area contributed by atoms with Crippen molar-refractivity contribution in [3.63, 3.8) is 0 Å². The molecule has 0 aliphatic carbocycles. The van der Waals surface area contributed by atoms with Crippen molar-refractivity contribution in [2.24, 2.45) is 0 Å². The number of aromatic amines is 1. The van der Waals surface area contributed by atoms with E-state index in [-0.39, 0.29) is 17.6 Å². The van der Waals surface area contributed by atoms with Gasteiger partial charge in [-0.25, -0.2) is 4.98 Å². The second-order valence-corrected chi connectivity index (χ2v) is 6.55. The largest absolute Gasteiger partial charge is 0.508 e. The zero-order chi connectivity index (χ0) is 17.9. The lowest BCUT2D eigenvalue weighted by Crippen LogP contribution is -2.24. The highest BCUT2D eigenvalue weighted by Crippen LogP contribution is 2.31. The lowest BCUT2D eigenvalue weighted by Gasteiger charge is -2.16. The summed E-state index contributed by atoms with van der Waals surface area (Å²) in [7, 11) is 0. The molecule has 3 aromatic rings. The van der Waals surface area contributed by atoms with Crippen LogP contribution in [0.4, 0.5) is 5.69 Å². The monoisotopic (exact) mass is 348 g/mol. The predicted octanol–water partition coefficient (Wildman–Crippen LogP) is 2.82. The van der Waals surface area contributed by atoms with Crippen molar-refractivity contribution in [2.45, 2.75) is 25.2 Å². The van der Waals surface area contributed by atoms with Crippen LogP contribution in [0.15, 0.2) is 54.6 Å². The van der Waals surface area contributed by atoms with Crippen LogP contribution in [-0.2, 0) is 17.6 Å². The molecular weight excluding hydrogens is 328 g/mol. The normalized spacial score (nSPS) is 17.0. The molecule has 2 N–H and O–H groups in total. The minimum atomic E-state index is -0.0356. The van der Waals surface area contributed by atoms with E-state index in [1.807, 2.05) is 24.3 Å². The van der Waals surface area contributed by atoms with Gasteiger partial charge < -0.3 is 10.0 Å². The fourth-order valence-corrected chi connectivity index (χ4v) is 3.30. The molecule has 0 radical (unpaired) electrons. The molecule has 0 bridgehead atoms. The van der Waals surface area contributed by atoms with Crippen molar-refractivity contribution in [2.75, 3.05) is 11.4 Å². The van der Waals surface area contributed by atoms with E-state index in [9.17, 15) is 9.90 Å². The molecule has 0 spiro atoms.